The minimum Gasteiger partial charge on any atom is -0.495 e. The first-order valence-electron chi connectivity index (χ1n) is 13.5. The molecule has 2 saturated heterocycles. The second kappa shape index (κ2) is 12.7. The molecule has 2 aliphatic heterocycles. The molecule has 0 radical (unpaired) electrons. The topological polar surface area (TPSA) is 95.2 Å². The van der Waals surface area contributed by atoms with Gasteiger partial charge in [-0.1, -0.05) is 18.2 Å². The fourth-order valence-electron chi connectivity index (χ4n) is 5.12. The molecule has 0 bridgehead atoms. The lowest BCUT2D eigenvalue weighted by Gasteiger charge is -2.38. The molecule has 3 aromatic carbocycles. The largest absolute Gasteiger partial charge is 0.495 e. The van der Waals surface area contributed by atoms with Gasteiger partial charge in [0.15, 0.2) is 0 Å². The van der Waals surface area contributed by atoms with E-state index in [1.165, 1.54) is 18.2 Å². The van der Waals surface area contributed by atoms with Crippen molar-refractivity contribution in [2.75, 3.05) is 66.9 Å². The van der Waals surface area contributed by atoms with Crippen LogP contribution in [0.4, 0.5) is 31.9 Å². The van der Waals surface area contributed by atoms with Gasteiger partial charge < -0.3 is 35.2 Å². The van der Waals surface area contributed by atoms with Crippen LogP contribution >= 0.6 is 0 Å². The number of benzene rings is 3. The Balaban J connectivity index is 1.31. The van der Waals surface area contributed by atoms with Crippen molar-refractivity contribution in [2.45, 2.75) is 18.9 Å². The average Bonchev–Trinajstić information content (AvgIpc) is 3.50. The molecule has 9 nitrogen and oxygen atoms in total. The van der Waals surface area contributed by atoms with Gasteiger partial charge in [0, 0.05) is 56.4 Å². The Labute approximate surface area is 233 Å². The van der Waals surface area contributed by atoms with Crippen molar-refractivity contribution in [3.63, 3.8) is 0 Å². The van der Waals surface area contributed by atoms with Crippen molar-refractivity contribution in [3.05, 3.63) is 78.1 Å². The number of carbonyl (C=O) groups is 2. The molecule has 0 saturated carbocycles. The number of anilines is 4. The van der Waals surface area contributed by atoms with Crippen molar-refractivity contribution in [3.8, 4) is 5.75 Å². The summed E-state index contributed by atoms with van der Waals surface area (Å²) >= 11 is 0. The zero-order valence-corrected chi connectivity index (χ0v) is 22.5. The van der Waals surface area contributed by atoms with E-state index in [9.17, 15) is 14.0 Å². The molecule has 0 spiro atoms. The minimum absolute atomic E-state index is 0.00940. The minimum atomic E-state index is -0.533. The van der Waals surface area contributed by atoms with Crippen molar-refractivity contribution < 1.29 is 23.5 Å². The first kappa shape index (κ1) is 27.3. The number of piperazine rings is 1. The van der Waals surface area contributed by atoms with Crippen LogP contribution in [0.1, 0.15) is 23.2 Å². The van der Waals surface area contributed by atoms with Gasteiger partial charge in [-0.25, -0.2) is 9.18 Å². The number of nitrogens with one attached hydrogen (secondary N) is 3. The van der Waals surface area contributed by atoms with Gasteiger partial charge in [-0.2, -0.15) is 0 Å². The number of nitrogens with zero attached hydrogens (tertiary/aromatic N) is 2. The average molecular weight is 548 g/mol. The Morgan fingerprint density at radius 2 is 1.65 bits per heavy atom. The number of ether oxygens (including phenoxy) is 2. The Morgan fingerprint density at radius 1 is 0.925 bits per heavy atom. The monoisotopic (exact) mass is 547 g/mol. The third-order valence-corrected chi connectivity index (χ3v) is 7.14. The smallest absolute Gasteiger partial charge is 0.323 e. The van der Waals surface area contributed by atoms with Crippen LogP contribution in [0.25, 0.3) is 0 Å². The first-order chi connectivity index (χ1) is 19.5. The number of halogens is 1. The van der Waals surface area contributed by atoms with E-state index in [1.54, 1.807) is 25.3 Å². The number of methoxy groups -OCH3 is 1. The second-order valence-corrected chi connectivity index (χ2v) is 9.81. The molecule has 2 heterocycles. The molecular formula is C30H34FN5O4. The van der Waals surface area contributed by atoms with Crippen LogP contribution in [0, 0.1) is 5.82 Å². The molecule has 3 aromatic rings. The fraction of sp³-hybridized carbons (Fsp3) is 0.333. The Kier molecular flexibility index (Phi) is 8.65. The Hall–Kier alpha value is -4.31. The van der Waals surface area contributed by atoms with E-state index in [0.717, 1.165) is 43.1 Å². The standard InChI is InChI=1S/C30H34FN5O4/c1-39-28-10-3-2-9-27(28)36-15-13-35(14-16-36)26-12-11-23(34-30(38)33-22-7-4-6-21(31)18-22)19-25(26)29(37)32-20-24-8-5-17-40-24/h2-4,6-7,9-12,18-19,24H,5,8,13-17,20H2,1H3,(H,32,37)(H2,33,34,38). The Morgan fingerprint density at radius 3 is 2.35 bits per heavy atom. The van der Waals surface area contributed by atoms with E-state index in [0.29, 0.717) is 43.2 Å². The quantitative estimate of drug-likeness (QED) is 0.378. The van der Waals surface area contributed by atoms with Crippen molar-refractivity contribution in [1.82, 2.24) is 5.32 Å². The lowest BCUT2D eigenvalue weighted by Crippen LogP contribution is -2.47. The molecular weight excluding hydrogens is 513 g/mol. The van der Waals surface area contributed by atoms with Crippen LogP contribution in [0.15, 0.2) is 66.7 Å². The molecule has 0 aromatic heterocycles. The fourth-order valence-corrected chi connectivity index (χ4v) is 5.12. The lowest BCUT2D eigenvalue weighted by molar-refractivity contribution is 0.0858. The first-order valence-corrected chi connectivity index (χ1v) is 13.5. The van der Waals surface area contributed by atoms with Crippen LogP contribution in [0.5, 0.6) is 5.75 Å². The van der Waals surface area contributed by atoms with Crippen molar-refractivity contribution in [1.29, 1.82) is 0 Å². The van der Waals surface area contributed by atoms with Crippen LogP contribution < -0.4 is 30.5 Å². The molecule has 10 heteroatoms. The van der Waals surface area contributed by atoms with Gasteiger partial charge in [0.1, 0.15) is 11.6 Å². The molecule has 1 unspecified atom stereocenters. The van der Waals surface area contributed by atoms with Crippen molar-refractivity contribution >= 4 is 34.7 Å². The highest BCUT2D eigenvalue weighted by Gasteiger charge is 2.25. The number of para-hydroxylation sites is 2. The number of rotatable bonds is 8. The summed E-state index contributed by atoms with van der Waals surface area (Å²) in [7, 11) is 1.67. The Bertz CT molecular complexity index is 1340. The summed E-state index contributed by atoms with van der Waals surface area (Å²) in [5.41, 5.74) is 3.08. The van der Waals surface area contributed by atoms with Gasteiger partial charge >= 0.3 is 6.03 Å². The molecule has 3 amide bonds. The highest BCUT2D eigenvalue weighted by atomic mass is 19.1. The van der Waals surface area contributed by atoms with Crippen LogP contribution in [0.2, 0.25) is 0 Å². The summed E-state index contributed by atoms with van der Waals surface area (Å²) < 4.78 is 24.7. The number of hydrogen-bond donors (Lipinski definition) is 3. The van der Waals surface area contributed by atoms with E-state index in [1.807, 2.05) is 30.3 Å². The summed E-state index contributed by atoms with van der Waals surface area (Å²) in [6.07, 6.45) is 1.91. The maximum absolute atomic E-state index is 13.5. The van der Waals surface area contributed by atoms with Crippen LogP contribution in [-0.4, -0.2) is 64.5 Å². The molecule has 0 aliphatic carbocycles. The molecule has 3 N–H and O–H groups in total. The van der Waals surface area contributed by atoms with Gasteiger partial charge in [0.05, 0.1) is 24.5 Å². The summed E-state index contributed by atoms with van der Waals surface area (Å²) in [4.78, 5) is 30.5. The maximum atomic E-state index is 13.5. The van der Waals surface area contributed by atoms with E-state index in [2.05, 4.69) is 25.8 Å². The number of carbonyl (C=O) groups excluding carboxylic acids is 2. The van der Waals surface area contributed by atoms with E-state index in [4.69, 9.17) is 9.47 Å². The van der Waals surface area contributed by atoms with Gasteiger partial charge in [-0.05, 0) is 61.4 Å². The molecule has 2 aliphatic rings. The molecule has 40 heavy (non-hydrogen) atoms. The zero-order chi connectivity index (χ0) is 27.9. The highest BCUT2D eigenvalue weighted by molar-refractivity contribution is 6.04. The summed E-state index contributed by atoms with van der Waals surface area (Å²) in [6, 6.07) is 18.4. The van der Waals surface area contributed by atoms with E-state index < -0.39 is 11.8 Å². The van der Waals surface area contributed by atoms with E-state index >= 15 is 0 Å². The SMILES string of the molecule is COc1ccccc1N1CCN(c2ccc(NC(=O)Nc3cccc(F)c3)cc2C(=O)NCC2CCCO2)CC1. The van der Waals surface area contributed by atoms with Crippen LogP contribution in [0.3, 0.4) is 0 Å². The lowest BCUT2D eigenvalue weighted by atomic mass is 10.1. The van der Waals surface area contributed by atoms with Gasteiger partial charge in [-0.15, -0.1) is 0 Å². The zero-order valence-electron chi connectivity index (χ0n) is 22.5. The number of amides is 3. The summed E-state index contributed by atoms with van der Waals surface area (Å²) in [5, 5.41) is 8.38. The summed E-state index contributed by atoms with van der Waals surface area (Å²) in [6.45, 7) is 4.06. The molecule has 1 atom stereocenters. The third-order valence-electron chi connectivity index (χ3n) is 7.14. The summed E-state index contributed by atoms with van der Waals surface area (Å²) in [5.74, 6) is 0.155. The van der Waals surface area contributed by atoms with Gasteiger partial charge in [0.2, 0.25) is 0 Å². The molecule has 5 rings (SSSR count). The van der Waals surface area contributed by atoms with Gasteiger partial charge in [0.25, 0.3) is 5.91 Å². The molecule has 210 valence electrons. The third kappa shape index (κ3) is 6.63. The second-order valence-electron chi connectivity index (χ2n) is 9.81. The number of hydrogen-bond acceptors (Lipinski definition) is 6. The predicted octanol–water partition coefficient (Wildman–Crippen LogP) is 4.71. The molecule has 2 fully saturated rings. The number of urea groups is 1. The predicted molar refractivity (Wildman–Crippen MR) is 154 cm³/mol. The van der Waals surface area contributed by atoms with Gasteiger partial charge in [-0.3, -0.25) is 4.79 Å². The van der Waals surface area contributed by atoms with E-state index in [-0.39, 0.29) is 12.0 Å². The maximum Gasteiger partial charge on any atom is 0.323 e. The van der Waals surface area contributed by atoms with Crippen molar-refractivity contribution in [2.24, 2.45) is 0 Å². The van der Waals surface area contributed by atoms with Crippen LogP contribution in [-0.2, 0) is 4.74 Å². The normalized spacial score (nSPS) is 16.9. The highest BCUT2D eigenvalue weighted by Crippen LogP contribution is 2.31.